The Labute approximate surface area is 152 Å². The van der Waals surface area contributed by atoms with E-state index in [0.717, 1.165) is 11.3 Å². The number of hydrogen-bond donors (Lipinski definition) is 1. The molecule has 0 saturated heterocycles. The molecule has 0 fully saturated rings. The average Bonchev–Trinajstić information content (AvgIpc) is 2.66. The van der Waals surface area contributed by atoms with E-state index in [-0.39, 0.29) is 5.78 Å². The third-order valence-corrected chi connectivity index (χ3v) is 3.86. The second kappa shape index (κ2) is 8.19. The van der Waals surface area contributed by atoms with Crippen molar-refractivity contribution < 1.29 is 4.79 Å². The molecular formula is C22H16ClNO. The van der Waals surface area contributed by atoms with Crippen LogP contribution in [0.1, 0.15) is 21.5 Å². The smallest absolute Gasteiger partial charge is 0.193 e. The molecule has 0 radical (unpaired) electrons. The van der Waals surface area contributed by atoms with Crippen LogP contribution in [0.4, 0.5) is 5.69 Å². The van der Waals surface area contributed by atoms with Crippen molar-refractivity contribution in [3.63, 3.8) is 0 Å². The fourth-order valence-electron chi connectivity index (χ4n) is 2.35. The average molecular weight is 346 g/mol. The molecule has 3 aromatic carbocycles. The molecule has 0 aliphatic heterocycles. The van der Waals surface area contributed by atoms with Crippen molar-refractivity contribution in [2.24, 2.45) is 0 Å². The molecule has 25 heavy (non-hydrogen) atoms. The Kier molecular flexibility index (Phi) is 5.51. The first-order chi connectivity index (χ1) is 12.2. The SMILES string of the molecule is O=C(c1ccc(C#CCNc2ccccc2)cc1)c1cccc(Cl)c1. The molecule has 3 heteroatoms. The number of nitrogens with one attached hydrogen (secondary N) is 1. The van der Waals surface area contributed by atoms with Gasteiger partial charge in [0.2, 0.25) is 0 Å². The van der Waals surface area contributed by atoms with E-state index in [1.165, 1.54) is 0 Å². The molecule has 2 nitrogen and oxygen atoms in total. The molecule has 0 aliphatic carbocycles. The minimum atomic E-state index is -0.0484. The lowest BCUT2D eigenvalue weighted by Crippen LogP contribution is -2.01. The van der Waals surface area contributed by atoms with E-state index in [9.17, 15) is 4.79 Å². The monoisotopic (exact) mass is 345 g/mol. The summed E-state index contributed by atoms with van der Waals surface area (Å²) in [4.78, 5) is 12.4. The Morgan fingerprint density at radius 1 is 0.880 bits per heavy atom. The van der Waals surface area contributed by atoms with E-state index < -0.39 is 0 Å². The molecule has 0 atom stereocenters. The number of carbonyl (C=O) groups is 1. The lowest BCUT2D eigenvalue weighted by molar-refractivity contribution is 0.103. The summed E-state index contributed by atoms with van der Waals surface area (Å²) in [6.07, 6.45) is 0. The Morgan fingerprint density at radius 3 is 2.36 bits per heavy atom. The molecular weight excluding hydrogens is 330 g/mol. The number of ketones is 1. The number of rotatable bonds is 4. The standard InChI is InChI=1S/C22H16ClNO/c23-20-8-4-7-19(16-20)22(25)18-13-11-17(12-14-18)6-5-15-24-21-9-2-1-3-10-21/h1-4,7-14,16,24H,15H2. The zero-order valence-corrected chi connectivity index (χ0v) is 14.3. The number of para-hydroxylation sites is 1. The quantitative estimate of drug-likeness (QED) is 0.530. The highest BCUT2D eigenvalue weighted by molar-refractivity contribution is 6.31. The van der Waals surface area contributed by atoms with Crippen LogP contribution in [0.3, 0.4) is 0 Å². The lowest BCUT2D eigenvalue weighted by Gasteiger charge is -2.02. The highest BCUT2D eigenvalue weighted by Gasteiger charge is 2.08. The molecule has 0 heterocycles. The number of halogens is 1. The van der Waals surface area contributed by atoms with Gasteiger partial charge in [-0.1, -0.05) is 53.8 Å². The molecule has 0 saturated carbocycles. The van der Waals surface area contributed by atoms with Gasteiger partial charge >= 0.3 is 0 Å². The first-order valence-corrected chi connectivity index (χ1v) is 8.28. The summed E-state index contributed by atoms with van der Waals surface area (Å²) in [6.45, 7) is 0.563. The van der Waals surface area contributed by atoms with Gasteiger partial charge in [0, 0.05) is 27.4 Å². The molecule has 0 bridgehead atoms. The second-order valence-corrected chi connectivity index (χ2v) is 5.87. The van der Waals surface area contributed by atoms with E-state index in [4.69, 9.17) is 11.6 Å². The van der Waals surface area contributed by atoms with Crippen LogP contribution in [-0.2, 0) is 0 Å². The van der Waals surface area contributed by atoms with E-state index in [0.29, 0.717) is 22.7 Å². The molecule has 0 spiro atoms. The van der Waals surface area contributed by atoms with Gasteiger partial charge in [-0.15, -0.1) is 0 Å². The van der Waals surface area contributed by atoms with Gasteiger partial charge in [-0.2, -0.15) is 0 Å². The third kappa shape index (κ3) is 4.73. The van der Waals surface area contributed by atoms with Crippen LogP contribution >= 0.6 is 11.6 Å². The van der Waals surface area contributed by atoms with E-state index in [1.54, 1.807) is 36.4 Å². The molecule has 0 aromatic heterocycles. The van der Waals surface area contributed by atoms with Crippen molar-refractivity contribution in [2.45, 2.75) is 0 Å². The number of carbonyl (C=O) groups excluding carboxylic acids is 1. The van der Waals surface area contributed by atoms with Crippen LogP contribution in [0, 0.1) is 11.8 Å². The molecule has 122 valence electrons. The van der Waals surface area contributed by atoms with Crippen LogP contribution in [0.15, 0.2) is 78.9 Å². The van der Waals surface area contributed by atoms with E-state index >= 15 is 0 Å². The van der Waals surface area contributed by atoms with Gasteiger partial charge in [-0.3, -0.25) is 4.79 Å². The van der Waals surface area contributed by atoms with Crippen molar-refractivity contribution >= 4 is 23.1 Å². The van der Waals surface area contributed by atoms with Crippen LogP contribution in [0.25, 0.3) is 0 Å². The first kappa shape index (κ1) is 16.8. The summed E-state index contributed by atoms with van der Waals surface area (Å²) in [5.41, 5.74) is 3.12. The largest absolute Gasteiger partial charge is 0.374 e. The predicted octanol–water partition coefficient (Wildman–Crippen LogP) is 5.03. The van der Waals surface area contributed by atoms with Gasteiger partial charge in [0.1, 0.15) is 0 Å². The summed E-state index contributed by atoms with van der Waals surface area (Å²) in [5.74, 6) is 6.11. The number of hydrogen-bond acceptors (Lipinski definition) is 2. The van der Waals surface area contributed by atoms with Gasteiger partial charge in [0.25, 0.3) is 0 Å². The summed E-state index contributed by atoms with van der Waals surface area (Å²) < 4.78 is 0. The molecule has 3 aromatic rings. The topological polar surface area (TPSA) is 29.1 Å². The van der Waals surface area contributed by atoms with Crippen LogP contribution in [0.2, 0.25) is 5.02 Å². The van der Waals surface area contributed by atoms with Crippen molar-refractivity contribution in [1.82, 2.24) is 0 Å². The minimum absolute atomic E-state index is 0.0484. The zero-order valence-electron chi connectivity index (χ0n) is 13.5. The van der Waals surface area contributed by atoms with Crippen molar-refractivity contribution in [3.8, 4) is 11.8 Å². The van der Waals surface area contributed by atoms with Crippen LogP contribution in [0.5, 0.6) is 0 Å². The van der Waals surface area contributed by atoms with Gasteiger partial charge in [-0.25, -0.2) is 0 Å². The van der Waals surface area contributed by atoms with Crippen LogP contribution < -0.4 is 5.32 Å². The Morgan fingerprint density at radius 2 is 1.64 bits per heavy atom. The Balaban J connectivity index is 1.63. The summed E-state index contributed by atoms with van der Waals surface area (Å²) >= 11 is 5.94. The van der Waals surface area contributed by atoms with Gasteiger partial charge in [-0.05, 0) is 48.5 Å². The second-order valence-electron chi connectivity index (χ2n) is 5.44. The first-order valence-electron chi connectivity index (χ1n) is 7.90. The third-order valence-electron chi connectivity index (χ3n) is 3.62. The number of anilines is 1. The lowest BCUT2D eigenvalue weighted by atomic mass is 10.0. The molecule has 0 amide bonds. The van der Waals surface area contributed by atoms with Crippen molar-refractivity contribution in [1.29, 1.82) is 0 Å². The summed E-state index contributed by atoms with van der Waals surface area (Å²) in [6, 6.07) is 24.2. The predicted molar refractivity (Wildman–Crippen MR) is 103 cm³/mol. The maximum Gasteiger partial charge on any atom is 0.193 e. The van der Waals surface area contributed by atoms with Crippen molar-refractivity contribution in [3.05, 3.63) is 101 Å². The molecule has 3 rings (SSSR count). The summed E-state index contributed by atoms with van der Waals surface area (Å²) in [5, 5.41) is 3.79. The highest BCUT2D eigenvalue weighted by Crippen LogP contribution is 2.15. The highest BCUT2D eigenvalue weighted by atomic mass is 35.5. The summed E-state index contributed by atoms with van der Waals surface area (Å²) in [7, 11) is 0. The van der Waals surface area contributed by atoms with Gasteiger partial charge in [0.15, 0.2) is 5.78 Å². The van der Waals surface area contributed by atoms with Gasteiger partial charge < -0.3 is 5.32 Å². The molecule has 1 N–H and O–H groups in total. The Bertz CT molecular complexity index is 921. The maximum absolute atomic E-state index is 12.4. The molecule has 0 aliphatic rings. The van der Waals surface area contributed by atoms with Gasteiger partial charge in [0.05, 0.1) is 6.54 Å². The van der Waals surface area contributed by atoms with E-state index in [1.807, 2.05) is 42.5 Å². The molecule has 0 unspecified atom stereocenters. The fourth-order valence-corrected chi connectivity index (χ4v) is 2.54. The zero-order chi connectivity index (χ0) is 17.5. The fraction of sp³-hybridized carbons (Fsp3) is 0.0455. The van der Waals surface area contributed by atoms with Crippen LogP contribution in [-0.4, -0.2) is 12.3 Å². The minimum Gasteiger partial charge on any atom is -0.374 e. The van der Waals surface area contributed by atoms with E-state index in [2.05, 4.69) is 17.2 Å². The normalized spacial score (nSPS) is 9.80. The Hall–Kier alpha value is -3.02. The van der Waals surface area contributed by atoms with Crippen molar-refractivity contribution in [2.75, 3.05) is 11.9 Å². The number of benzene rings is 3. The maximum atomic E-state index is 12.4.